The lowest BCUT2D eigenvalue weighted by Crippen LogP contribution is -2.15. The van der Waals surface area contributed by atoms with Crippen LogP contribution in [0, 0.1) is 11.3 Å². The molecule has 1 amide bonds. The van der Waals surface area contributed by atoms with Gasteiger partial charge in [-0.05, 0) is 46.3 Å². The molecule has 0 aliphatic rings. The lowest BCUT2D eigenvalue weighted by molar-refractivity contribution is 0.102. The van der Waals surface area contributed by atoms with Crippen molar-refractivity contribution in [3.63, 3.8) is 0 Å². The summed E-state index contributed by atoms with van der Waals surface area (Å²) in [6.07, 6.45) is 1.50. The van der Waals surface area contributed by atoms with Crippen LogP contribution in [0.2, 0.25) is 0 Å². The molecule has 0 aliphatic carbocycles. The van der Waals surface area contributed by atoms with Crippen LogP contribution in [0.15, 0.2) is 65.3 Å². The average Bonchev–Trinajstić information content (AvgIpc) is 2.64. The van der Waals surface area contributed by atoms with Gasteiger partial charge in [-0.15, -0.1) is 0 Å². The standard InChI is InChI=1S/C18H12BrN5O/c19-13-6-2-4-8-15(13)23-18-21-10-9-16(24-18)17(25)22-14-7-3-1-5-12(14)11-20/h1-10H,(H,22,25)(H,21,23,24). The third-order valence-corrected chi connectivity index (χ3v) is 4.00. The van der Waals surface area contributed by atoms with E-state index in [4.69, 9.17) is 5.26 Å². The van der Waals surface area contributed by atoms with Gasteiger partial charge in [-0.2, -0.15) is 5.26 Å². The molecule has 6 nitrogen and oxygen atoms in total. The molecule has 0 spiro atoms. The maximum atomic E-state index is 12.4. The van der Waals surface area contributed by atoms with Gasteiger partial charge in [0.2, 0.25) is 5.95 Å². The fourth-order valence-electron chi connectivity index (χ4n) is 2.10. The van der Waals surface area contributed by atoms with Crippen LogP contribution in [0.4, 0.5) is 17.3 Å². The highest BCUT2D eigenvalue weighted by Gasteiger charge is 2.12. The van der Waals surface area contributed by atoms with Crippen molar-refractivity contribution >= 4 is 39.2 Å². The summed E-state index contributed by atoms with van der Waals surface area (Å²) in [6.45, 7) is 0. The number of halogens is 1. The SMILES string of the molecule is N#Cc1ccccc1NC(=O)c1ccnc(Nc2ccccc2Br)n1. The van der Waals surface area contributed by atoms with Crippen molar-refractivity contribution in [1.29, 1.82) is 5.26 Å². The number of aromatic nitrogens is 2. The van der Waals surface area contributed by atoms with Crippen LogP contribution >= 0.6 is 15.9 Å². The number of carbonyl (C=O) groups is 1. The second kappa shape index (κ2) is 7.55. The summed E-state index contributed by atoms with van der Waals surface area (Å²) in [6, 6.07) is 17.9. The molecule has 1 heterocycles. The van der Waals surface area contributed by atoms with E-state index in [1.165, 1.54) is 12.3 Å². The van der Waals surface area contributed by atoms with Gasteiger partial charge in [0.15, 0.2) is 0 Å². The van der Waals surface area contributed by atoms with Gasteiger partial charge in [-0.25, -0.2) is 9.97 Å². The van der Waals surface area contributed by atoms with Crippen LogP contribution in [0.25, 0.3) is 0 Å². The van der Waals surface area contributed by atoms with Crippen LogP contribution in [0.5, 0.6) is 0 Å². The van der Waals surface area contributed by atoms with Crippen molar-refractivity contribution in [2.45, 2.75) is 0 Å². The van der Waals surface area contributed by atoms with E-state index in [0.717, 1.165) is 10.2 Å². The lowest BCUT2D eigenvalue weighted by Gasteiger charge is -2.09. The predicted octanol–water partition coefficient (Wildman–Crippen LogP) is 4.11. The first-order chi connectivity index (χ1) is 12.2. The Labute approximate surface area is 152 Å². The van der Waals surface area contributed by atoms with Crippen molar-refractivity contribution in [2.24, 2.45) is 0 Å². The van der Waals surface area contributed by atoms with Crippen LogP contribution in [-0.4, -0.2) is 15.9 Å². The number of hydrogen-bond donors (Lipinski definition) is 2. The van der Waals surface area contributed by atoms with Crippen LogP contribution in [0.1, 0.15) is 16.1 Å². The zero-order chi connectivity index (χ0) is 17.6. The summed E-state index contributed by atoms with van der Waals surface area (Å²) in [4.78, 5) is 20.8. The van der Waals surface area contributed by atoms with E-state index in [0.29, 0.717) is 17.2 Å². The van der Waals surface area contributed by atoms with Crippen molar-refractivity contribution in [3.05, 3.63) is 76.5 Å². The first-order valence-corrected chi connectivity index (χ1v) is 8.12. The summed E-state index contributed by atoms with van der Waals surface area (Å²) in [5.41, 5.74) is 1.80. The molecule has 3 rings (SSSR count). The Morgan fingerprint density at radius 3 is 2.52 bits per heavy atom. The third kappa shape index (κ3) is 4.00. The highest BCUT2D eigenvalue weighted by Crippen LogP contribution is 2.23. The summed E-state index contributed by atoms with van der Waals surface area (Å²) < 4.78 is 0.858. The zero-order valence-electron chi connectivity index (χ0n) is 12.9. The van der Waals surface area contributed by atoms with Gasteiger partial charge in [0.05, 0.1) is 16.9 Å². The first kappa shape index (κ1) is 16.6. The number of rotatable bonds is 4. The van der Waals surface area contributed by atoms with Crippen LogP contribution < -0.4 is 10.6 Å². The van der Waals surface area contributed by atoms with Gasteiger partial charge in [-0.1, -0.05) is 24.3 Å². The summed E-state index contributed by atoms with van der Waals surface area (Å²) in [5, 5.41) is 14.8. The van der Waals surface area contributed by atoms with Crippen LogP contribution in [0.3, 0.4) is 0 Å². The quantitative estimate of drug-likeness (QED) is 0.695. The minimum absolute atomic E-state index is 0.192. The van der Waals surface area contributed by atoms with Crippen molar-refractivity contribution in [1.82, 2.24) is 9.97 Å². The molecule has 3 aromatic rings. The maximum absolute atomic E-state index is 12.4. The van der Waals surface area contributed by atoms with Gasteiger partial charge in [0.1, 0.15) is 11.8 Å². The predicted molar refractivity (Wildman–Crippen MR) is 98.6 cm³/mol. The first-order valence-electron chi connectivity index (χ1n) is 7.32. The summed E-state index contributed by atoms with van der Waals surface area (Å²) in [5.74, 6) is -0.117. The minimum Gasteiger partial charge on any atom is -0.323 e. The van der Waals surface area contributed by atoms with Gasteiger partial charge >= 0.3 is 0 Å². The molecule has 0 fully saturated rings. The van der Waals surface area contributed by atoms with Crippen molar-refractivity contribution in [2.75, 3.05) is 10.6 Å². The molecule has 0 bridgehead atoms. The molecule has 2 N–H and O–H groups in total. The number of hydrogen-bond acceptors (Lipinski definition) is 5. The van der Waals surface area contributed by atoms with Gasteiger partial charge in [0.25, 0.3) is 5.91 Å². The molecule has 2 aromatic carbocycles. The molecule has 0 radical (unpaired) electrons. The van der Waals surface area contributed by atoms with E-state index in [1.807, 2.05) is 30.3 Å². The number of nitriles is 1. The van der Waals surface area contributed by atoms with Gasteiger partial charge in [0, 0.05) is 10.7 Å². The van der Waals surface area contributed by atoms with E-state index < -0.39 is 5.91 Å². The fourth-order valence-corrected chi connectivity index (χ4v) is 2.49. The molecule has 0 saturated carbocycles. The monoisotopic (exact) mass is 393 g/mol. The van der Waals surface area contributed by atoms with E-state index >= 15 is 0 Å². The van der Waals surface area contributed by atoms with Gasteiger partial charge in [-0.3, -0.25) is 4.79 Å². The molecule has 0 saturated heterocycles. The molecule has 25 heavy (non-hydrogen) atoms. The molecule has 0 atom stereocenters. The largest absolute Gasteiger partial charge is 0.323 e. The van der Waals surface area contributed by atoms with E-state index in [-0.39, 0.29) is 5.69 Å². The second-order valence-electron chi connectivity index (χ2n) is 4.98. The molecular formula is C18H12BrN5O. The Bertz CT molecular complexity index is 967. The number of anilines is 3. The normalized spacial score (nSPS) is 9.92. The average molecular weight is 394 g/mol. The Balaban J connectivity index is 1.80. The zero-order valence-corrected chi connectivity index (χ0v) is 14.5. The number of para-hydroxylation sites is 2. The van der Waals surface area contributed by atoms with E-state index in [2.05, 4.69) is 36.5 Å². The Morgan fingerprint density at radius 1 is 1.04 bits per heavy atom. The smallest absolute Gasteiger partial charge is 0.274 e. The number of carbonyl (C=O) groups excluding carboxylic acids is 1. The van der Waals surface area contributed by atoms with Gasteiger partial charge < -0.3 is 10.6 Å². The minimum atomic E-state index is -0.416. The molecule has 0 aliphatic heterocycles. The van der Waals surface area contributed by atoms with E-state index in [1.54, 1.807) is 24.3 Å². The summed E-state index contributed by atoms with van der Waals surface area (Å²) >= 11 is 3.43. The lowest BCUT2D eigenvalue weighted by atomic mass is 10.2. The summed E-state index contributed by atoms with van der Waals surface area (Å²) in [7, 11) is 0. The molecule has 122 valence electrons. The Hall–Kier alpha value is -3.24. The van der Waals surface area contributed by atoms with Crippen LogP contribution in [-0.2, 0) is 0 Å². The van der Waals surface area contributed by atoms with E-state index in [9.17, 15) is 4.79 Å². The number of nitrogens with one attached hydrogen (secondary N) is 2. The number of amides is 1. The van der Waals surface area contributed by atoms with Crippen molar-refractivity contribution in [3.8, 4) is 6.07 Å². The Kier molecular flexibility index (Phi) is 5.02. The second-order valence-corrected chi connectivity index (χ2v) is 5.84. The fraction of sp³-hybridized carbons (Fsp3) is 0. The highest BCUT2D eigenvalue weighted by molar-refractivity contribution is 9.10. The Morgan fingerprint density at radius 2 is 1.76 bits per heavy atom. The molecule has 0 unspecified atom stereocenters. The maximum Gasteiger partial charge on any atom is 0.274 e. The van der Waals surface area contributed by atoms with Crippen molar-refractivity contribution < 1.29 is 4.79 Å². The number of benzene rings is 2. The molecular weight excluding hydrogens is 382 g/mol. The third-order valence-electron chi connectivity index (χ3n) is 3.30. The highest BCUT2D eigenvalue weighted by atomic mass is 79.9. The molecule has 7 heteroatoms. The topological polar surface area (TPSA) is 90.7 Å². The molecule has 1 aromatic heterocycles. The number of nitrogens with zero attached hydrogens (tertiary/aromatic N) is 3.